The fraction of sp³-hybridized carbons (Fsp3) is 0.450. The first kappa shape index (κ1) is 21.5. The normalized spacial score (nSPS) is 18.9. The highest BCUT2D eigenvalue weighted by Gasteiger charge is 2.32. The van der Waals surface area contributed by atoms with E-state index in [9.17, 15) is 14.0 Å². The van der Waals surface area contributed by atoms with Crippen molar-refractivity contribution in [1.82, 2.24) is 10.9 Å². The molecular formula is C20H24FN5O4. The quantitative estimate of drug-likeness (QED) is 0.333. The van der Waals surface area contributed by atoms with Gasteiger partial charge in [-0.3, -0.25) is 15.1 Å². The van der Waals surface area contributed by atoms with Gasteiger partial charge in [-0.05, 0) is 31.0 Å². The van der Waals surface area contributed by atoms with Gasteiger partial charge in [0.15, 0.2) is 0 Å². The molecule has 0 spiro atoms. The van der Waals surface area contributed by atoms with Gasteiger partial charge in [-0.2, -0.15) is 5.26 Å². The molecule has 0 aliphatic carbocycles. The van der Waals surface area contributed by atoms with Crippen LogP contribution in [-0.4, -0.2) is 56.0 Å². The van der Waals surface area contributed by atoms with Crippen molar-refractivity contribution in [3.8, 4) is 6.07 Å². The zero-order chi connectivity index (χ0) is 21.5. The average Bonchev–Trinajstić information content (AvgIpc) is 3.10. The van der Waals surface area contributed by atoms with Crippen LogP contribution in [0.2, 0.25) is 0 Å². The molecule has 2 fully saturated rings. The third-order valence-corrected chi connectivity index (χ3v) is 5.04. The Balaban J connectivity index is 1.57. The Labute approximate surface area is 173 Å². The van der Waals surface area contributed by atoms with E-state index < -0.39 is 24.0 Å². The summed E-state index contributed by atoms with van der Waals surface area (Å²) in [5, 5.41) is 17.2. The molecule has 1 atom stereocenters. The molecule has 3 rings (SSSR count). The lowest BCUT2D eigenvalue weighted by Crippen LogP contribution is -2.41. The van der Waals surface area contributed by atoms with Gasteiger partial charge in [-0.1, -0.05) is 11.6 Å². The van der Waals surface area contributed by atoms with Gasteiger partial charge >= 0.3 is 12.1 Å². The van der Waals surface area contributed by atoms with E-state index >= 15 is 0 Å². The van der Waals surface area contributed by atoms with E-state index in [1.807, 2.05) is 11.0 Å². The Bertz CT molecular complexity index is 859. The number of aliphatic carboxylic acids is 1. The summed E-state index contributed by atoms with van der Waals surface area (Å²) in [5.41, 5.74) is 7.32. The highest BCUT2D eigenvalue weighted by molar-refractivity contribution is 5.90. The molecule has 10 heteroatoms. The number of cyclic esters (lactones) is 1. The summed E-state index contributed by atoms with van der Waals surface area (Å²) in [7, 11) is 0. The predicted octanol–water partition coefficient (Wildman–Crippen LogP) is 1.77. The maximum Gasteiger partial charge on any atom is 0.414 e. The molecule has 1 aromatic carbocycles. The molecule has 2 saturated heterocycles. The van der Waals surface area contributed by atoms with Crippen molar-refractivity contribution in [1.29, 1.82) is 5.26 Å². The molecule has 0 radical (unpaired) electrons. The number of carbonyl (C=O) groups is 2. The fourth-order valence-electron chi connectivity index (χ4n) is 3.51. The lowest BCUT2D eigenvalue weighted by atomic mass is 10.0. The predicted molar refractivity (Wildman–Crippen MR) is 107 cm³/mol. The van der Waals surface area contributed by atoms with Crippen LogP contribution in [0, 0.1) is 17.1 Å². The van der Waals surface area contributed by atoms with Crippen LogP contribution >= 0.6 is 0 Å². The second kappa shape index (κ2) is 10.0. The van der Waals surface area contributed by atoms with Gasteiger partial charge in [0.2, 0.25) is 0 Å². The summed E-state index contributed by atoms with van der Waals surface area (Å²) >= 11 is 0. The number of nitrogens with one attached hydrogen (secondary N) is 2. The first-order valence-corrected chi connectivity index (χ1v) is 9.73. The lowest BCUT2D eigenvalue weighted by Gasteiger charge is -2.31. The summed E-state index contributed by atoms with van der Waals surface area (Å²) in [5.74, 6) is -1.42. The Morgan fingerprint density at radius 3 is 2.80 bits per heavy atom. The van der Waals surface area contributed by atoms with Crippen LogP contribution in [0.1, 0.15) is 19.3 Å². The number of carboxylic acids is 1. The number of ether oxygens (including phenoxy) is 1. The van der Waals surface area contributed by atoms with Gasteiger partial charge in [-0.15, -0.1) is 0 Å². The Morgan fingerprint density at radius 1 is 1.37 bits per heavy atom. The number of allylic oxidation sites excluding steroid dienone is 1. The van der Waals surface area contributed by atoms with E-state index in [0.717, 1.165) is 12.8 Å². The number of hydrazine groups is 1. The van der Waals surface area contributed by atoms with Crippen molar-refractivity contribution in [2.24, 2.45) is 0 Å². The van der Waals surface area contributed by atoms with Crippen molar-refractivity contribution in [2.75, 3.05) is 42.5 Å². The zero-order valence-electron chi connectivity index (χ0n) is 16.4. The summed E-state index contributed by atoms with van der Waals surface area (Å²) in [6, 6.07) is 6.79. The molecule has 2 aliphatic rings. The fourth-order valence-corrected chi connectivity index (χ4v) is 3.51. The largest absolute Gasteiger partial charge is 0.480 e. The molecule has 9 nitrogen and oxygen atoms in total. The number of hydrogen-bond donors (Lipinski definition) is 3. The molecule has 2 aliphatic heterocycles. The van der Waals surface area contributed by atoms with Crippen molar-refractivity contribution in [3.05, 3.63) is 35.7 Å². The zero-order valence-corrected chi connectivity index (χ0v) is 16.4. The number of rotatable bonds is 8. The summed E-state index contributed by atoms with van der Waals surface area (Å²) in [6.45, 7) is 1.55. The van der Waals surface area contributed by atoms with Crippen LogP contribution in [0.5, 0.6) is 0 Å². The van der Waals surface area contributed by atoms with E-state index in [-0.39, 0.29) is 19.6 Å². The maximum absolute atomic E-state index is 14.8. The molecular weight excluding hydrogens is 393 g/mol. The Morgan fingerprint density at radius 2 is 2.13 bits per heavy atom. The van der Waals surface area contributed by atoms with Gasteiger partial charge in [0.25, 0.3) is 0 Å². The van der Waals surface area contributed by atoms with Gasteiger partial charge in [-0.25, -0.2) is 14.6 Å². The summed E-state index contributed by atoms with van der Waals surface area (Å²) < 4.78 is 20.0. The number of anilines is 2. The van der Waals surface area contributed by atoms with E-state index in [1.54, 1.807) is 12.1 Å². The van der Waals surface area contributed by atoms with E-state index in [2.05, 4.69) is 16.9 Å². The number of carbonyl (C=O) groups excluding carboxylic acids is 1. The summed E-state index contributed by atoms with van der Waals surface area (Å²) in [4.78, 5) is 25.9. The number of benzene rings is 1. The molecule has 1 unspecified atom stereocenters. The van der Waals surface area contributed by atoms with E-state index in [4.69, 9.17) is 15.1 Å². The van der Waals surface area contributed by atoms with Gasteiger partial charge < -0.3 is 14.7 Å². The molecule has 1 aromatic rings. The van der Waals surface area contributed by atoms with Crippen LogP contribution in [-0.2, 0) is 9.53 Å². The third-order valence-electron chi connectivity index (χ3n) is 5.04. The number of amides is 1. The Hall–Kier alpha value is -3.16. The van der Waals surface area contributed by atoms with Crippen molar-refractivity contribution in [2.45, 2.75) is 25.4 Å². The second-order valence-electron chi connectivity index (χ2n) is 7.09. The Kier molecular flexibility index (Phi) is 7.21. The average molecular weight is 417 g/mol. The highest BCUT2D eigenvalue weighted by Crippen LogP contribution is 2.30. The third kappa shape index (κ3) is 5.46. The highest BCUT2D eigenvalue weighted by atomic mass is 19.1. The molecule has 0 aromatic heterocycles. The standard InChI is InChI=1S/C20H24FN5O4/c21-17-10-15(26-13-16(30-20(26)29)11-23-24-12-19(27)28)3-4-18(17)25-8-5-14(6-9-25)2-1-7-22/h2-4,10,16,23-24H,1,5-6,8-9,11-13H2,(H,27,28). The van der Waals surface area contributed by atoms with E-state index in [0.29, 0.717) is 30.9 Å². The van der Waals surface area contributed by atoms with Gasteiger partial charge in [0.1, 0.15) is 18.5 Å². The number of halogens is 1. The van der Waals surface area contributed by atoms with Crippen LogP contribution in [0.3, 0.4) is 0 Å². The maximum atomic E-state index is 14.8. The topological polar surface area (TPSA) is 118 Å². The molecule has 2 heterocycles. The molecule has 1 amide bonds. The van der Waals surface area contributed by atoms with Crippen molar-refractivity contribution < 1.29 is 23.8 Å². The SMILES string of the molecule is N#CCC=C1CCN(c2ccc(N3CC(CNNCC(=O)O)OC3=O)cc2F)CC1. The van der Waals surface area contributed by atoms with Crippen LogP contribution in [0.4, 0.5) is 20.6 Å². The first-order valence-electron chi connectivity index (χ1n) is 9.73. The van der Waals surface area contributed by atoms with Gasteiger partial charge in [0, 0.05) is 19.6 Å². The van der Waals surface area contributed by atoms with Crippen LogP contribution in [0.25, 0.3) is 0 Å². The minimum atomic E-state index is -1.01. The first-order chi connectivity index (χ1) is 14.5. The molecule has 0 bridgehead atoms. The van der Waals surface area contributed by atoms with Crippen LogP contribution < -0.4 is 20.7 Å². The number of nitrogens with zero attached hydrogens (tertiary/aromatic N) is 3. The smallest absolute Gasteiger partial charge is 0.414 e. The van der Waals surface area contributed by atoms with E-state index in [1.165, 1.54) is 16.5 Å². The van der Waals surface area contributed by atoms with Crippen LogP contribution in [0.15, 0.2) is 29.8 Å². The second-order valence-corrected chi connectivity index (χ2v) is 7.09. The minimum Gasteiger partial charge on any atom is -0.480 e. The van der Waals surface area contributed by atoms with Crippen molar-refractivity contribution in [3.63, 3.8) is 0 Å². The molecule has 0 saturated carbocycles. The number of nitriles is 1. The summed E-state index contributed by atoms with van der Waals surface area (Å²) in [6.07, 6.45) is 2.88. The van der Waals surface area contributed by atoms with Crippen molar-refractivity contribution >= 4 is 23.4 Å². The molecule has 3 N–H and O–H groups in total. The lowest BCUT2D eigenvalue weighted by molar-refractivity contribution is -0.136. The minimum absolute atomic E-state index is 0.228. The number of carboxylic acid groups (broad SMARTS) is 1. The van der Waals surface area contributed by atoms with Gasteiger partial charge in [0.05, 0.1) is 30.4 Å². The number of piperidine rings is 1. The monoisotopic (exact) mass is 417 g/mol. The number of hydrogen-bond acceptors (Lipinski definition) is 7. The molecule has 160 valence electrons. The molecule has 30 heavy (non-hydrogen) atoms.